The highest BCUT2D eigenvalue weighted by Gasteiger charge is 2.27. The number of aromatic nitrogens is 4. The van der Waals surface area contributed by atoms with Gasteiger partial charge in [0.1, 0.15) is 11.2 Å². The summed E-state index contributed by atoms with van der Waals surface area (Å²) in [5.74, 6) is 0.144. The average molecular weight is 269 g/mol. The lowest BCUT2D eigenvalue weighted by atomic mass is 10.2. The van der Waals surface area contributed by atoms with Gasteiger partial charge < -0.3 is 14.5 Å². The average Bonchev–Trinajstić information content (AvgIpc) is 3.16. The molecule has 4 heterocycles. The van der Waals surface area contributed by atoms with E-state index in [0.717, 1.165) is 41.6 Å². The molecule has 0 spiro atoms. The number of rotatable bonds is 1. The first-order valence-electron chi connectivity index (χ1n) is 6.78. The van der Waals surface area contributed by atoms with Crippen LogP contribution in [0.15, 0.2) is 24.8 Å². The van der Waals surface area contributed by atoms with Crippen molar-refractivity contribution < 1.29 is 4.79 Å². The molecular weight excluding hydrogens is 254 g/mol. The Morgan fingerprint density at radius 2 is 2.35 bits per heavy atom. The molecule has 1 atom stereocenters. The van der Waals surface area contributed by atoms with E-state index in [9.17, 15) is 4.79 Å². The lowest BCUT2D eigenvalue weighted by Gasteiger charge is -2.15. The van der Waals surface area contributed by atoms with Crippen molar-refractivity contribution in [2.45, 2.75) is 19.4 Å². The van der Waals surface area contributed by atoms with E-state index in [2.05, 4.69) is 19.5 Å². The van der Waals surface area contributed by atoms with Crippen molar-refractivity contribution in [1.29, 1.82) is 0 Å². The third-order valence-corrected chi connectivity index (χ3v) is 4.12. The van der Waals surface area contributed by atoms with E-state index in [1.807, 2.05) is 23.5 Å². The fourth-order valence-electron chi connectivity index (χ4n) is 3.06. The third-order valence-electron chi connectivity index (χ3n) is 4.12. The van der Waals surface area contributed by atoms with Gasteiger partial charge in [0.05, 0.1) is 24.1 Å². The van der Waals surface area contributed by atoms with Crippen LogP contribution in [-0.4, -0.2) is 43.4 Å². The van der Waals surface area contributed by atoms with Gasteiger partial charge in [0.2, 0.25) is 5.91 Å². The smallest absolute Gasteiger partial charge is 0.219 e. The highest BCUT2D eigenvalue weighted by atomic mass is 16.2. The van der Waals surface area contributed by atoms with Crippen LogP contribution in [0.4, 0.5) is 0 Å². The van der Waals surface area contributed by atoms with Gasteiger partial charge >= 0.3 is 0 Å². The summed E-state index contributed by atoms with van der Waals surface area (Å²) in [6.07, 6.45) is 6.53. The summed E-state index contributed by atoms with van der Waals surface area (Å²) in [6.45, 7) is 3.21. The molecule has 4 rings (SSSR count). The van der Waals surface area contributed by atoms with Gasteiger partial charge in [-0.05, 0) is 12.5 Å². The number of carbonyl (C=O) groups excluding carboxylic acids is 1. The number of pyridine rings is 1. The van der Waals surface area contributed by atoms with E-state index < -0.39 is 0 Å². The van der Waals surface area contributed by atoms with Crippen molar-refractivity contribution in [3.8, 4) is 0 Å². The fourth-order valence-corrected chi connectivity index (χ4v) is 3.06. The largest absolute Gasteiger partial charge is 0.346 e. The number of fused-ring (bicyclic) bond motifs is 3. The Labute approximate surface area is 115 Å². The number of hydrogen-bond donors (Lipinski definition) is 1. The zero-order chi connectivity index (χ0) is 13.7. The molecular formula is C14H15N5O. The van der Waals surface area contributed by atoms with E-state index in [1.165, 1.54) is 0 Å². The van der Waals surface area contributed by atoms with Crippen molar-refractivity contribution in [1.82, 2.24) is 24.4 Å². The Kier molecular flexibility index (Phi) is 2.33. The molecule has 1 saturated heterocycles. The summed E-state index contributed by atoms with van der Waals surface area (Å²) < 4.78 is 2.19. The van der Waals surface area contributed by atoms with Gasteiger partial charge in [-0.2, -0.15) is 0 Å². The quantitative estimate of drug-likeness (QED) is 0.731. The highest BCUT2D eigenvalue weighted by Crippen LogP contribution is 2.29. The van der Waals surface area contributed by atoms with E-state index in [1.54, 1.807) is 13.1 Å². The van der Waals surface area contributed by atoms with E-state index in [4.69, 9.17) is 0 Å². The summed E-state index contributed by atoms with van der Waals surface area (Å²) in [6, 6.07) is 2.32. The van der Waals surface area contributed by atoms with Gasteiger partial charge in [-0.3, -0.25) is 4.79 Å². The minimum atomic E-state index is 0.144. The minimum absolute atomic E-state index is 0.144. The number of aromatic amines is 1. The molecule has 6 nitrogen and oxygen atoms in total. The van der Waals surface area contributed by atoms with Crippen LogP contribution in [-0.2, 0) is 4.79 Å². The molecule has 0 aliphatic carbocycles. The second-order valence-electron chi connectivity index (χ2n) is 5.29. The van der Waals surface area contributed by atoms with E-state index in [-0.39, 0.29) is 5.91 Å². The van der Waals surface area contributed by atoms with Gasteiger partial charge in [-0.25, -0.2) is 9.97 Å². The van der Waals surface area contributed by atoms with Gasteiger partial charge in [0.15, 0.2) is 0 Å². The van der Waals surface area contributed by atoms with Crippen LogP contribution in [0.25, 0.3) is 22.1 Å². The number of likely N-dealkylation sites (tertiary alicyclic amines) is 1. The zero-order valence-electron chi connectivity index (χ0n) is 11.2. The lowest BCUT2D eigenvalue weighted by molar-refractivity contribution is -0.127. The number of nitrogens with one attached hydrogen (secondary N) is 1. The van der Waals surface area contributed by atoms with Gasteiger partial charge in [-0.1, -0.05) is 0 Å². The van der Waals surface area contributed by atoms with Gasteiger partial charge in [0.25, 0.3) is 0 Å². The normalized spacial score (nSPS) is 19.2. The summed E-state index contributed by atoms with van der Waals surface area (Å²) >= 11 is 0. The number of nitrogens with zero attached hydrogens (tertiary/aromatic N) is 4. The summed E-state index contributed by atoms with van der Waals surface area (Å²) in [7, 11) is 0. The third kappa shape index (κ3) is 1.54. The minimum Gasteiger partial charge on any atom is -0.346 e. The summed E-state index contributed by atoms with van der Waals surface area (Å²) in [5, 5.41) is 1.08. The van der Waals surface area contributed by atoms with Gasteiger partial charge in [-0.15, -0.1) is 0 Å². The van der Waals surface area contributed by atoms with Crippen molar-refractivity contribution >= 4 is 28.0 Å². The molecule has 3 aromatic heterocycles. The molecule has 20 heavy (non-hydrogen) atoms. The Bertz CT molecular complexity index is 802. The Morgan fingerprint density at radius 3 is 3.15 bits per heavy atom. The zero-order valence-corrected chi connectivity index (χ0v) is 11.2. The molecule has 0 bridgehead atoms. The molecule has 102 valence electrons. The van der Waals surface area contributed by atoms with Gasteiger partial charge in [0, 0.05) is 31.6 Å². The van der Waals surface area contributed by atoms with Crippen LogP contribution in [0.3, 0.4) is 0 Å². The molecule has 1 aliphatic rings. The predicted octanol–water partition coefficient (Wildman–Crippen LogP) is 1.71. The fraction of sp³-hybridized carbons (Fsp3) is 0.357. The maximum atomic E-state index is 11.5. The first-order valence-corrected chi connectivity index (χ1v) is 6.78. The van der Waals surface area contributed by atoms with Crippen LogP contribution < -0.4 is 0 Å². The maximum absolute atomic E-state index is 11.5. The van der Waals surface area contributed by atoms with E-state index in [0.29, 0.717) is 6.04 Å². The molecule has 1 aliphatic heterocycles. The molecule has 1 fully saturated rings. The highest BCUT2D eigenvalue weighted by molar-refractivity contribution is 6.00. The monoisotopic (exact) mass is 269 g/mol. The van der Waals surface area contributed by atoms with Crippen molar-refractivity contribution in [2.24, 2.45) is 0 Å². The molecule has 1 unspecified atom stereocenters. The standard InChI is InChI=1S/C14H15N5O/c1-9(20)18-5-3-10(7-18)19-8-17-12-6-16-14-11(13(12)19)2-4-15-14/h2,4,6,8,10H,3,5,7H2,1H3,(H,15,16). The maximum Gasteiger partial charge on any atom is 0.219 e. The summed E-state index contributed by atoms with van der Waals surface area (Å²) in [5.41, 5.74) is 2.88. The molecule has 1 amide bonds. The number of amides is 1. The Hall–Kier alpha value is -2.37. The Morgan fingerprint density at radius 1 is 1.45 bits per heavy atom. The number of imidazole rings is 1. The molecule has 1 N–H and O–H groups in total. The molecule has 0 saturated carbocycles. The number of hydrogen-bond acceptors (Lipinski definition) is 3. The lowest BCUT2D eigenvalue weighted by Crippen LogP contribution is -2.26. The van der Waals surface area contributed by atoms with Crippen LogP contribution in [0, 0.1) is 0 Å². The van der Waals surface area contributed by atoms with Crippen molar-refractivity contribution in [3.63, 3.8) is 0 Å². The Balaban J connectivity index is 1.84. The van der Waals surface area contributed by atoms with Crippen molar-refractivity contribution in [3.05, 3.63) is 24.8 Å². The van der Waals surface area contributed by atoms with E-state index >= 15 is 0 Å². The first-order chi connectivity index (χ1) is 9.74. The SMILES string of the molecule is CC(=O)N1CCC(n2cnc3cnc4[nH]ccc4c32)C1. The topological polar surface area (TPSA) is 66.8 Å². The van der Waals surface area contributed by atoms with Crippen LogP contribution in [0.5, 0.6) is 0 Å². The molecule has 0 aromatic carbocycles. The summed E-state index contributed by atoms with van der Waals surface area (Å²) in [4.78, 5) is 25.3. The second-order valence-corrected chi connectivity index (χ2v) is 5.29. The van der Waals surface area contributed by atoms with Crippen LogP contribution in [0.1, 0.15) is 19.4 Å². The second kappa shape index (κ2) is 4.06. The number of H-pyrrole nitrogens is 1. The first kappa shape index (κ1) is 11.5. The molecule has 3 aromatic rings. The molecule has 6 heteroatoms. The number of carbonyl (C=O) groups is 1. The van der Waals surface area contributed by atoms with Crippen LogP contribution in [0.2, 0.25) is 0 Å². The van der Waals surface area contributed by atoms with Crippen molar-refractivity contribution in [2.75, 3.05) is 13.1 Å². The van der Waals surface area contributed by atoms with Crippen LogP contribution >= 0.6 is 0 Å². The predicted molar refractivity (Wildman–Crippen MR) is 75.3 cm³/mol. The molecule has 0 radical (unpaired) electrons.